The molecule has 0 heterocycles. The molecule has 0 unspecified atom stereocenters. The van der Waals surface area contributed by atoms with Crippen molar-refractivity contribution in [1.82, 2.24) is 0 Å². The van der Waals surface area contributed by atoms with Gasteiger partial charge in [-0.25, -0.2) is 0 Å². The van der Waals surface area contributed by atoms with E-state index in [1.807, 2.05) is 0 Å². The summed E-state index contributed by atoms with van der Waals surface area (Å²) in [5.41, 5.74) is 2.93. The standard InChI is InChI=1S/C22H20Se/c1-4-10-18(11-5-1)21(19-12-6-2-7-13-19)22(16-17-22)23-20-14-8-3-9-15-20/h1-15,21H,16-17H2. The third-order valence-corrected chi connectivity index (χ3v) is 7.87. The first kappa shape index (κ1) is 14.8. The molecule has 23 heavy (non-hydrogen) atoms. The van der Waals surface area contributed by atoms with Gasteiger partial charge in [0.2, 0.25) is 0 Å². The Morgan fingerprint density at radius 3 is 1.48 bits per heavy atom. The van der Waals surface area contributed by atoms with Crippen molar-refractivity contribution in [3.8, 4) is 0 Å². The Balaban J connectivity index is 1.74. The Morgan fingerprint density at radius 2 is 1.04 bits per heavy atom. The summed E-state index contributed by atoms with van der Waals surface area (Å²) in [5, 5.41) is 0. The zero-order chi connectivity index (χ0) is 15.5. The van der Waals surface area contributed by atoms with Gasteiger partial charge in [0.1, 0.15) is 0 Å². The third kappa shape index (κ3) is 3.13. The molecule has 0 aliphatic heterocycles. The van der Waals surface area contributed by atoms with Gasteiger partial charge >= 0.3 is 145 Å². The van der Waals surface area contributed by atoms with Crippen LogP contribution in [0.25, 0.3) is 0 Å². The predicted molar refractivity (Wildman–Crippen MR) is 98.5 cm³/mol. The van der Waals surface area contributed by atoms with Gasteiger partial charge in [0.15, 0.2) is 0 Å². The summed E-state index contributed by atoms with van der Waals surface area (Å²) in [5.74, 6) is 0.519. The van der Waals surface area contributed by atoms with Crippen molar-refractivity contribution >= 4 is 19.4 Å². The number of rotatable bonds is 5. The van der Waals surface area contributed by atoms with Gasteiger partial charge in [0, 0.05) is 0 Å². The fraction of sp³-hybridized carbons (Fsp3) is 0.182. The molecule has 0 radical (unpaired) electrons. The molecule has 0 amide bonds. The van der Waals surface area contributed by atoms with Gasteiger partial charge in [-0.05, 0) is 0 Å². The summed E-state index contributed by atoms with van der Waals surface area (Å²) in [6, 6.07) is 33.2. The second-order valence-corrected chi connectivity index (χ2v) is 9.36. The molecule has 0 saturated heterocycles. The minimum absolute atomic E-state index is 0.442. The molecule has 0 atom stereocenters. The molecule has 0 bridgehead atoms. The van der Waals surface area contributed by atoms with E-state index in [-0.39, 0.29) is 0 Å². The van der Waals surface area contributed by atoms with Gasteiger partial charge in [0.25, 0.3) is 0 Å². The van der Waals surface area contributed by atoms with Crippen molar-refractivity contribution in [2.24, 2.45) is 0 Å². The van der Waals surface area contributed by atoms with E-state index in [4.69, 9.17) is 0 Å². The minimum atomic E-state index is 0.442. The fourth-order valence-electron chi connectivity index (χ4n) is 3.39. The molecule has 0 nitrogen and oxygen atoms in total. The van der Waals surface area contributed by atoms with Gasteiger partial charge in [-0.3, -0.25) is 0 Å². The third-order valence-electron chi connectivity index (χ3n) is 4.60. The van der Waals surface area contributed by atoms with E-state index in [9.17, 15) is 0 Å². The maximum absolute atomic E-state index is 2.30. The Morgan fingerprint density at radius 1 is 0.609 bits per heavy atom. The average Bonchev–Trinajstić information content (AvgIpc) is 3.38. The molecule has 1 aliphatic carbocycles. The van der Waals surface area contributed by atoms with Crippen molar-refractivity contribution in [3.05, 3.63) is 102 Å². The predicted octanol–water partition coefficient (Wildman–Crippen LogP) is 4.80. The molecule has 0 N–H and O–H groups in total. The van der Waals surface area contributed by atoms with E-state index < -0.39 is 0 Å². The first-order chi connectivity index (χ1) is 11.4. The normalized spacial score (nSPS) is 15.5. The second kappa shape index (κ2) is 6.35. The number of hydrogen-bond donors (Lipinski definition) is 0. The van der Waals surface area contributed by atoms with Crippen LogP contribution >= 0.6 is 0 Å². The quantitative estimate of drug-likeness (QED) is 0.571. The molecular formula is C22H20Se. The van der Waals surface area contributed by atoms with Gasteiger partial charge in [0.05, 0.1) is 0 Å². The van der Waals surface area contributed by atoms with E-state index >= 15 is 0 Å². The molecule has 3 aromatic rings. The Hall–Kier alpha value is -1.82. The van der Waals surface area contributed by atoms with Crippen LogP contribution in [0.4, 0.5) is 0 Å². The molecular weight excluding hydrogens is 343 g/mol. The van der Waals surface area contributed by atoms with E-state index in [0.29, 0.717) is 25.2 Å². The van der Waals surface area contributed by atoms with E-state index in [1.165, 1.54) is 28.4 Å². The monoisotopic (exact) mass is 364 g/mol. The van der Waals surface area contributed by atoms with Crippen molar-refractivity contribution in [2.45, 2.75) is 23.1 Å². The summed E-state index contributed by atoms with van der Waals surface area (Å²) < 4.78 is 1.96. The van der Waals surface area contributed by atoms with E-state index in [2.05, 4.69) is 91.0 Å². The van der Waals surface area contributed by atoms with Crippen LogP contribution in [0, 0.1) is 0 Å². The van der Waals surface area contributed by atoms with Crippen LogP contribution in [0.15, 0.2) is 91.0 Å². The maximum atomic E-state index is 2.30. The first-order valence-corrected chi connectivity index (χ1v) is 9.93. The Labute approximate surface area is 144 Å². The molecule has 3 aromatic carbocycles. The van der Waals surface area contributed by atoms with Gasteiger partial charge in [-0.15, -0.1) is 0 Å². The molecule has 1 aliphatic rings. The first-order valence-electron chi connectivity index (χ1n) is 8.21. The van der Waals surface area contributed by atoms with Crippen molar-refractivity contribution in [2.75, 3.05) is 0 Å². The molecule has 0 spiro atoms. The van der Waals surface area contributed by atoms with Gasteiger partial charge in [-0.1, -0.05) is 0 Å². The number of hydrogen-bond acceptors (Lipinski definition) is 0. The molecule has 1 heteroatoms. The molecule has 1 saturated carbocycles. The van der Waals surface area contributed by atoms with Crippen LogP contribution < -0.4 is 4.46 Å². The molecule has 4 rings (SSSR count). The summed E-state index contributed by atoms with van der Waals surface area (Å²) in [6.45, 7) is 0. The number of benzene rings is 3. The van der Waals surface area contributed by atoms with Crippen LogP contribution in [-0.2, 0) is 0 Å². The van der Waals surface area contributed by atoms with Crippen molar-refractivity contribution in [3.63, 3.8) is 0 Å². The fourth-order valence-corrected chi connectivity index (χ4v) is 6.45. The summed E-state index contributed by atoms with van der Waals surface area (Å²) in [7, 11) is 0. The van der Waals surface area contributed by atoms with Crippen LogP contribution in [0.2, 0.25) is 4.31 Å². The van der Waals surface area contributed by atoms with E-state index in [0.717, 1.165) is 0 Å². The molecule has 114 valence electrons. The Kier molecular flexibility index (Phi) is 4.08. The SMILES string of the molecule is c1ccc([Se]C2(C(c3ccccc3)c3ccccc3)CC2)cc1. The molecule has 1 fully saturated rings. The van der Waals surface area contributed by atoms with Crippen molar-refractivity contribution < 1.29 is 0 Å². The summed E-state index contributed by atoms with van der Waals surface area (Å²) in [4.78, 5) is 0. The molecule has 0 aromatic heterocycles. The van der Waals surface area contributed by atoms with Gasteiger partial charge in [-0.2, -0.15) is 0 Å². The van der Waals surface area contributed by atoms with Crippen LogP contribution in [0.5, 0.6) is 0 Å². The average molecular weight is 363 g/mol. The van der Waals surface area contributed by atoms with Crippen LogP contribution in [-0.4, -0.2) is 15.0 Å². The summed E-state index contributed by atoms with van der Waals surface area (Å²) in [6.07, 6.45) is 2.69. The van der Waals surface area contributed by atoms with E-state index in [1.54, 1.807) is 0 Å². The summed E-state index contributed by atoms with van der Waals surface area (Å²) >= 11 is 0.505. The zero-order valence-corrected chi connectivity index (χ0v) is 14.8. The second-order valence-electron chi connectivity index (χ2n) is 6.23. The van der Waals surface area contributed by atoms with Crippen molar-refractivity contribution in [1.29, 1.82) is 0 Å². The van der Waals surface area contributed by atoms with Crippen LogP contribution in [0.1, 0.15) is 29.9 Å². The zero-order valence-electron chi connectivity index (χ0n) is 13.1. The van der Waals surface area contributed by atoms with Crippen LogP contribution in [0.3, 0.4) is 0 Å². The van der Waals surface area contributed by atoms with Gasteiger partial charge < -0.3 is 0 Å². The Bertz CT molecular complexity index is 706. The topological polar surface area (TPSA) is 0 Å².